The number of aryl methyl sites for hydroxylation is 2. The van der Waals surface area contributed by atoms with Crippen LogP contribution in [0, 0.1) is 6.07 Å². The molecule has 0 amide bonds. The van der Waals surface area contributed by atoms with Gasteiger partial charge in [-0.2, -0.15) is 23.8 Å². The van der Waals surface area contributed by atoms with E-state index >= 15 is 0 Å². The molecule has 0 nitrogen and oxygen atoms in total. The van der Waals surface area contributed by atoms with E-state index in [1.165, 1.54) is 33.4 Å². The Morgan fingerprint density at radius 3 is 2.30 bits per heavy atom. The second-order valence-electron chi connectivity index (χ2n) is 4.75. The van der Waals surface area contributed by atoms with E-state index in [0.29, 0.717) is 0 Å². The molecule has 1 aliphatic carbocycles. The first kappa shape index (κ1) is 19.9. The van der Waals surface area contributed by atoms with E-state index in [4.69, 9.17) is 0 Å². The van der Waals surface area contributed by atoms with Crippen LogP contribution in [0.2, 0.25) is 0 Å². The van der Waals surface area contributed by atoms with E-state index < -0.39 is 0 Å². The SMILES string of the molecule is CCc1[c-]c2c(cc1)-c1ccc(CC)cc1C2.[Cl-].[Cl-].[Zr+3]. The van der Waals surface area contributed by atoms with E-state index in [9.17, 15) is 0 Å². The van der Waals surface area contributed by atoms with Gasteiger partial charge in [-0.1, -0.05) is 44.0 Å². The fraction of sp³-hybridized carbons (Fsp3) is 0.294. The Morgan fingerprint density at radius 1 is 0.950 bits per heavy atom. The summed E-state index contributed by atoms with van der Waals surface area (Å²) in [5.41, 5.74) is 8.42. The summed E-state index contributed by atoms with van der Waals surface area (Å²) in [6.07, 6.45) is 3.25. The van der Waals surface area contributed by atoms with Crippen molar-refractivity contribution in [3.8, 4) is 11.1 Å². The molecule has 0 fully saturated rings. The van der Waals surface area contributed by atoms with Gasteiger partial charge >= 0.3 is 26.2 Å². The number of hydrogen-bond donors (Lipinski definition) is 0. The van der Waals surface area contributed by atoms with Gasteiger partial charge in [0.15, 0.2) is 0 Å². The smallest absolute Gasteiger partial charge is 1.00 e. The molecule has 1 radical (unpaired) electrons. The Kier molecular flexibility index (Phi) is 8.33. The van der Waals surface area contributed by atoms with Crippen molar-refractivity contribution in [2.24, 2.45) is 0 Å². The largest absolute Gasteiger partial charge is 3.00 e. The van der Waals surface area contributed by atoms with Crippen LogP contribution >= 0.6 is 0 Å². The first-order chi connectivity index (χ1) is 8.31. The number of fused-ring (bicyclic) bond motifs is 3. The Bertz CT molecular complexity index is 528. The number of benzene rings is 2. The third-order valence-corrected chi connectivity index (χ3v) is 3.70. The van der Waals surface area contributed by atoms with Crippen LogP contribution in [-0.2, 0) is 45.5 Å². The summed E-state index contributed by atoms with van der Waals surface area (Å²) in [5.74, 6) is 0. The van der Waals surface area contributed by atoms with Crippen molar-refractivity contribution in [3.63, 3.8) is 0 Å². The van der Waals surface area contributed by atoms with Gasteiger partial charge in [-0.05, 0) is 24.0 Å². The summed E-state index contributed by atoms with van der Waals surface area (Å²) < 4.78 is 0. The van der Waals surface area contributed by atoms with Crippen LogP contribution in [0.25, 0.3) is 11.1 Å². The van der Waals surface area contributed by atoms with Gasteiger partial charge in [0, 0.05) is 0 Å². The van der Waals surface area contributed by atoms with E-state index in [0.717, 1.165) is 19.3 Å². The van der Waals surface area contributed by atoms with Gasteiger partial charge < -0.3 is 24.8 Å². The molecule has 0 N–H and O–H groups in total. The fourth-order valence-corrected chi connectivity index (χ4v) is 2.65. The molecule has 3 rings (SSSR count). The Labute approximate surface area is 153 Å². The standard InChI is InChI=1S/C17H17.2ClH.Zr/c1-3-12-5-7-16-14(9-12)11-15-10-13(4-2)6-8-17(15)16;;;/h5-9H,3-4,11H2,1-2H3;2*1H;/q-1;;;+3/p-2. The number of rotatable bonds is 2. The van der Waals surface area contributed by atoms with Crippen molar-refractivity contribution < 1.29 is 51.0 Å². The number of halogens is 2. The molecule has 20 heavy (non-hydrogen) atoms. The monoisotopic (exact) mass is 381 g/mol. The third-order valence-electron chi connectivity index (χ3n) is 3.70. The van der Waals surface area contributed by atoms with E-state index in [-0.39, 0.29) is 51.0 Å². The summed E-state index contributed by atoms with van der Waals surface area (Å²) in [6.45, 7) is 4.40. The molecule has 0 saturated heterocycles. The minimum Gasteiger partial charge on any atom is -1.00 e. The molecule has 2 aromatic carbocycles. The average Bonchev–Trinajstić information content (AvgIpc) is 2.74. The predicted molar refractivity (Wildman–Crippen MR) is 72.3 cm³/mol. The summed E-state index contributed by atoms with van der Waals surface area (Å²) in [6, 6.07) is 14.9. The Balaban J connectivity index is 0.00000120. The minimum absolute atomic E-state index is 0. The zero-order valence-electron chi connectivity index (χ0n) is 11.8. The molecule has 3 heteroatoms. The molecule has 1 aliphatic rings. The first-order valence-corrected chi connectivity index (χ1v) is 6.48. The normalized spacial score (nSPS) is 10.5. The summed E-state index contributed by atoms with van der Waals surface area (Å²) in [4.78, 5) is 0. The molecular weight excluding hydrogens is 366 g/mol. The van der Waals surface area contributed by atoms with Crippen LogP contribution in [0.1, 0.15) is 36.1 Å². The summed E-state index contributed by atoms with van der Waals surface area (Å²) >= 11 is 0. The van der Waals surface area contributed by atoms with Crippen LogP contribution in [0.4, 0.5) is 0 Å². The van der Waals surface area contributed by atoms with Gasteiger partial charge in [0.05, 0.1) is 0 Å². The molecule has 2 aromatic rings. The Hall–Kier alpha value is -0.0969. The van der Waals surface area contributed by atoms with Crippen LogP contribution in [0.5, 0.6) is 0 Å². The topological polar surface area (TPSA) is 0 Å². The molecule has 0 spiro atoms. The van der Waals surface area contributed by atoms with E-state index in [2.05, 4.69) is 50.2 Å². The molecule has 0 heterocycles. The zero-order chi connectivity index (χ0) is 11.8. The molecule has 0 unspecified atom stereocenters. The quantitative estimate of drug-likeness (QED) is 0.458. The fourth-order valence-electron chi connectivity index (χ4n) is 2.65. The molecule has 0 aromatic heterocycles. The maximum Gasteiger partial charge on any atom is 3.00 e. The van der Waals surface area contributed by atoms with Gasteiger partial charge in [0.1, 0.15) is 0 Å². The first-order valence-electron chi connectivity index (χ1n) is 6.48. The van der Waals surface area contributed by atoms with E-state index in [1.54, 1.807) is 0 Å². The van der Waals surface area contributed by atoms with Crippen LogP contribution in [0.3, 0.4) is 0 Å². The summed E-state index contributed by atoms with van der Waals surface area (Å²) in [7, 11) is 0. The Morgan fingerprint density at radius 2 is 1.65 bits per heavy atom. The van der Waals surface area contributed by atoms with Crippen molar-refractivity contribution in [3.05, 3.63) is 58.7 Å². The maximum absolute atomic E-state index is 3.56. The summed E-state index contributed by atoms with van der Waals surface area (Å²) in [5, 5.41) is 0. The second-order valence-corrected chi connectivity index (χ2v) is 4.75. The molecule has 0 aliphatic heterocycles. The predicted octanol–water partition coefficient (Wildman–Crippen LogP) is -1.81. The van der Waals surface area contributed by atoms with Crippen LogP contribution in [0.15, 0.2) is 30.3 Å². The van der Waals surface area contributed by atoms with Crippen LogP contribution < -0.4 is 24.8 Å². The van der Waals surface area contributed by atoms with Crippen molar-refractivity contribution in [2.45, 2.75) is 33.1 Å². The van der Waals surface area contributed by atoms with Crippen molar-refractivity contribution in [2.75, 3.05) is 0 Å². The molecule has 0 saturated carbocycles. The third kappa shape index (κ3) is 3.56. The number of hydrogen-bond acceptors (Lipinski definition) is 0. The zero-order valence-corrected chi connectivity index (χ0v) is 15.7. The van der Waals surface area contributed by atoms with Gasteiger partial charge in [-0.25, -0.2) is 0 Å². The average molecular weight is 383 g/mol. The van der Waals surface area contributed by atoms with E-state index in [1.807, 2.05) is 0 Å². The second kappa shape index (κ2) is 8.37. The van der Waals surface area contributed by atoms with Gasteiger partial charge in [-0.15, -0.1) is 11.1 Å². The minimum atomic E-state index is 0. The molecule has 0 atom stereocenters. The van der Waals surface area contributed by atoms with Crippen molar-refractivity contribution >= 4 is 0 Å². The van der Waals surface area contributed by atoms with Gasteiger partial charge in [0.2, 0.25) is 0 Å². The molecule has 0 bridgehead atoms. The van der Waals surface area contributed by atoms with Gasteiger partial charge in [-0.3, -0.25) is 0 Å². The van der Waals surface area contributed by atoms with Crippen LogP contribution in [-0.4, -0.2) is 0 Å². The van der Waals surface area contributed by atoms with Crippen molar-refractivity contribution in [1.29, 1.82) is 0 Å². The van der Waals surface area contributed by atoms with Gasteiger partial charge in [0.25, 0.3) is 0 Å². The molecule has 103 valence electrons. The van der Waals surface area contributed by atoms with Crippen molar-refractivity contribution in [1.82, 2.24) is 0 Å². The maximum atomic E-state index is 3.56. The molecular formula is C17H17Cl2Zr.